The minimum atomic E-state index is 0.0485. The topological polar surface area (TPSA) is 81.3 Å². The summed E-state index contributed by atoms with van der Waals surface area (Å²) in [5.41, 5.74) is 8.22. The summed E-state index contributed by atoms with van der Waals surface area (Å²) in [4.78, 5) is 23.2. The van der Waals surface area contributed by atoms with Crippen molar-refractivity contribution in [2.75, 3.05) is 26.2 Å². The number of benzene rings is 1. The highest BCUT2D eigenvalue weighted by Gasteiger charge is 2.26. The van der Waals surface area contributed by atoms with Gasteiger partial charge in [0.2, 0.25) is 0 Å². The molecule has 0 bridgehead atoms. The summed E-state index contributed by atoms with van der Waals surface area (Å²) in [6.07, 6.45) is 6.15. The number of carbonyl (C=O) groups excluding carboxylic acids is 1. The second-order valence-electron chi connectivity index (χ2n) is 6.70. The van der Waals surface area contributed by atoms with Gasteiger partial charge in [0.05, 0.1) is 6.61 Å². The second kappa shape index (κ2) is 8.76. The van der Waals surface area contributed by atoms with Crippen LogP contribution in [0.3, 0.4) is 0 Å². The van der Waals surface area contributed by atoms with Gasteiger partial charge in [0, 0.05) is 36.5 Å². The van der Waals surface area contributed by atoms with E-state index in [4.69, 9.17) is 10.5 Å². The van der Waals surface area contributed by atoms with Gasteiger partial charge in [-0.25, -0.2) is 9.97 Å². The van der Waals surface area contributed by atoms with E-state index in [1.165, 1.54) is 0 Å². The Morgan fingerprint density at radius 2 is 2.27 bits per heavy atom. The summed E-state index contributed by atoms with van der Waals surface area (Å²) in [6.45, 7) is 4.60. The lowest BCUT2D eigenvalue weighted by Gasteiger charge is -2.32. The molecule has 1 saturated heterocycles. The van der Waals surface area contributed by atoms with Gasteiger partial charge in [0.25, 0.3) is 5.91 Å². The van der Waals surface area contributed by atoms with Crippen LogP contribution in [-0.2, 0) is 0 Å². The SMILES string of the molecule is Cc1ccc(C(=O)N2CCC[C@@H](c3ccncn3)C2)cc1OCCCN. The molecule has 2 N–H and O–H groups in total. The van der Waals surface area contributed by atoms with Crippen molar-refractivity contribution in [1.82, 2.24) is 14.9 Å². The number of aryl methyl sites for hydroxylation is 1. The van der Waals surface area contributed by atoms with Crippen molar-refractivity contribution in [3.63, 3.8) is 0 Å². The van der Waals surface area contributed by atoms with E-state index in [-0.39, 0.29) is 11.8 Å². The van der Waals surface area contributed by atoms with Crippen LogP contribution in [0, 0.1) is 6.92 Å². The summed E-state index contributed by atoms with van der Waals surface area (Å²) in [7, 11) is 0. The number of carbonyl (C=O) groups is 1. The maximum Gasteiger partial charge on any atom is 0.254 e. The molecule has 3 rings (SSSR count). The molecule has 138 valence electrons. The number of hydrogen-bond acceptors (Lipinski definition) is 5. The quantitative estimate of drug-likeness (QED) is 0.806. The summed E-state index contributed by atoms with van der Waals surface area (Å²) in [5, 5.41) is 0. The Balaban J connectivity index is 1.71. The molecule has 0 spiro atoms. The lowest BCUT2D eigenvalue weighted by atomic mass is 9.94. The van der Waals surface area contributed by atoms with E-state index in [1.807, 2.05) is 36.1 Å². The first kappa shape index (κ1) is 18.3. The number of hydrogen-bond donors (Lipinski definition) is 1. The minimum absolute atomic E-state index is 0.0485. The summed E-state index contributed by atoms with van der Waals surface area (Å²) in [5.74, 6) is 1.07. The third-order valence-electron chi connectivity index (χ3n) is 4.77. The van der Waals surface area contributed by atoms with E-state index < -0.39 is 0 Å². The van der Waals surface area contributed by atoms with Crippen LogP contribution in [0.4, 0.5) is 0 Å². The van der Waals surface area contributed by atoms with Gasteiger partial charge < -0.3 is 15.4 Å². The van der Waals surface area contributed by atoms with Crippen molar-refractivity contribution in [3.05, 3.63) is 53.6 Å². The van der Waals surface area contributed by atoms with Crippen molar-refractivity contribution >= 4 is 5.91 Å². The first-order chi connectivity index (χ1) is 12.7. The first-order valence-electron chi connectivity index (χ1n) is 9.17. The van der Waals surface area contributed by atoms with Crippen molar-refractivity contribution in [2.24, 2.45) is 5.73 Å². The van der Waals surface area contributed by atoms with E-state index in [0.29, 0.717) is 25.3 Å². The first-order valence-corrected chi connectivity index (χ1v) is 9.17. The molecule has 0 aliphatic carbocycles. The normalized spacial score (nSPS) is 17.2. The van der Waals surface area contributed by atoms with Gasteiger partial charge in [-0.05, 0) is 56.5 Å². The molecule has 1 aliphatic heterocycles. The average molecular weight is 354 g/mol. The van der Waals surface area contributed by atoms with E-state index >= 15 is 0 Å². The van der Waals surface area contributed by atoms with Gasteiger partial charge in [0.1, 0.15) is 12.1 Å². The van der Waals surface area contributed by atoms with Crippen LogP contribution in [-0.4, -0.2) is 47.0 Å². The zero-order valence-corrected chi connectivity index (χ0v) is 15.2. The number of piperidine rings is 1. The molecule has 1 fully saturated rings. The van der Waals surface area contributed by atoms with Crippen LogP contribution < -0.4 is 10.5 Å². The maximum absolute atomic E-state index is 13.0. The van der Waals surface area contributed by atoms with Crippen LogP contribution in [0.2, 0.25) is 0 Å². The Kier molecular flexibility index (Phi) is 6.17. The van der Waals surface area contributed by atoms with Crippen LogP contribution >= 0.6 is 0 Å². The fourth-order valence-corrected chi connectivity index (χ4v) is 3.28. The molecular weight excluding hydrogens is 328 g/mol. The molecular formula is C20H26N4O2. The molecule has 1 aliphatic rings. The maximum atomic E-state index is 13.0. The number of likely N-dealkylation sites (tertiary alicyclic amines) is 1. The molecule has 2 aromatic rings. The fraction of sp³-hybridized carbons (Fsp3) is 0.450. The van der Waals surface area contributed by atoms with Gasteiger partial charge in [-0.2, -0.15) is 0 Å². The average Bonchev–Trinajstić information content (AvgIpc) is 2.70. The van der Waals surface area contributed by atoms with Crippen molar-refractivity contribution < 1.29 is 9.53 Å². The molecule has 0 saturated carbocycles. The summed E-state index contributed by atoms with van der Waals surface area (Å²) >= 11 is 0. The second-order valence-corrected chi connectivity index (χ2v) is 6.70. The van der Waals surface area contributed by atoms with Crippen molar-refractivity contribution in [1.29, 1.82) is 0 Å². The van der Waals surface area contributed by atoms with Crippen LogP contribution in [0.25, 0.3) is 0 Å². The predicted octanol–water partition coefficient (Wildman–Crippen LogP) is 2.53. The number of nitrogens with zero attached hydrogens (tertiary/aromatic N) is 3. The molecule has 0 unspecified atom stereocenters. The Morgan fingerprint density at radius 1 is 1.38 bits per heavy atom. The highest BCUT2D eigenvalue weighted by Crippen LogP contribution is 2.27. The zero-order valence-electron chi connectivity index (χ0n) is 15.2. The Bertz CT molecular complexity index is 736. The Hall–Kier alpha value is -2.47. The van der Waals surface area contributed by atoms with Gasteiger partial charge in [-0.1, -0.05) is 6.07 Å². The van der Waals surface area contributed by atoms with Crippen LogP contribution in [0.5, 0.6) is 5.75 Å². The summed E-state index contributed by atoms with van der Waals surface area (Å²) < 4.78 is 5.78. The van der Waals surface area contributed by atoms with Crippen molar-refractivity contribution in [3.8, 4) is 5.75 Å². The molecule has 0 radical (unpaired) electrons. The molecule has 6 heteroatoms. The highest BCUT2D eigenvalue weighted by atomic mass is 16.5. The molecule has 2 heterocycles. The van der Waals surface area contributed by atoms with Gasteiger partial charge in [-0.3, -0.25) is 4.79 Å². The Morgan fingerprint density at radius 3 is 3.04 bits per heavy atom. The molecule has 1 aromatic heterocycles. The number of ether oxygens (including phenoxy) is 1. The van der Waals surface area contributed by atoms with E-state index in [0.717, 1.165) is 42.8 Å². The van der Waals surface area contributed by atoms with Gasteiger partial charge in [0.15, 0.2) is 0 Å². The monoisotopic (exact) mass is 354 g/mol. The molecule has 1 aromatic carbocycles. The van der Waals surface area contributed by atoms with Crippen LogP contribution in [0.1, 0.15) is 46.8 Å². The zero-order chi connectivity index (χ0) is 18.4. The van der Waals surface area contributed by atoms with Crippen LogP contribution in [0.15, 0.2) is 36.8 Å². The number of amides is 1. The minimum Gasteiger partial charge on any atom is -0.493 e. The third kappa shape index (κ3) is 4.38. The molecule has 26 heavy (non-hydrogen) atoms. The largest absolute Gasteiger partial charge is 0.493 e. The Labute approximate surface area is 154 Å². The van der Waals surface area contributed by atoms with Crippen molar-refractivity contribution in [2.45, 2.75) is 32.1 Å². The third-order valence-corrected chi connectivity index (χ3v) is 4.77. The lowest BCUT2D eigenvalue weighted by Crippen LogP contribution is -2.39. The molecule has 1 amide bonds. The van der Waals surface area contributed by atoms with E-state index in [9.17, 15) is 4.79 Å². The summed E-state index contributed by atoms with van der Waals surface area (Å²) in [6, 6.07) is 7.61. The number of aromatic nitrogens is 2. The van der Waals surface area contributed by atoms with Gasteiger partial charge >= 0.3 is 0 Å². The fourth-order valence-electron chi connectivity index (χ4n) is 3.28. The molecule has 1 atom stereocenters. The van der Waals surface area contributed by atoms with E-state index in [2.05, 4.69) is 9.97 Å². The number of nitrogens with two attached hydrogens (primary N) is 1. The lowest BCUT2D eigenvalue weighted by molar-refractivity contribution is 0.0705. The van der Waals surface area contributed by atoms with Gasteiger partial charge in [-0.15, -0.1) is 0 Å². The predicted molar refractivity (Wildman–Crippen MR) is 100 cm³/mol. The smallest absolute Gasteiger partial charge is 0.254 e. The van der Waals surface area contributed by atoms with E-state index in [1.54, 1.807) is 12.5 Å². The molecule has 6 nitrogen and oxygen atoms in total. The highest BCUT2D eigenvalue weighted by molar-refractivity contribution is 5.94. The standard InChI is InChI=1S/C20H26N4O2/c1-15-5-6-16(12-19(15)26-11-3-8-21)20(25)24-10-2-4-17(13-24)18-7-9-22-14-23-18/h5-7,9,12,14,17H,2-4,8,10-11,13,21H2,1H3/t17-/m1/s1. The number of rotatable bonds is 6.